The van der Waals surface area contributed by atoms with Gasteiger partial charge in [0.25, 0.3) is 15.9 Å². The van der Waals surface area contributed by atoms with E-state index >= 15 is 0 Å². The molecule has 0 saturated carbocycles. The number of anilines is 1. The van der Waals surface area contributed by atoms with Crippen molar-refractivity contribution in [2.75, 3.05) is 11.3 Å². The number of amides is 1. The van der Waals surface area contributed by atoms with Gasteiger partial charge in [-0.15, -0.1) is 11.3 Å². The summed E-state index contributed by atoms with van der Waals surface area (Å²) in [6.07, 6.45) is 0.886. The average molecular weight is 415 g/mol. The number of sulfonamides is 1. The maximum atomic E-state index is 12.7. The SMILES string of the molecule is CC[C@H](CNC(=O)c1ccccc1NS(=O)(=O)c1cccs1)c1ccccc1. The monoisotopic (exact) mass is 414 g/mol. The predicted octanol–water partition coefficient (Wildman–Crippen LogP) is 4.47. The van der Waals surface area contributed by atoms with E-state index in [-0.39, 0.29) is 21.7 Å². The van der Waals surface area contributed by atoms with Crippen LogP contribution in [-0.2, 0) is 10.0 Å². The van der Waals surface area contributed by atoms with Crippen LogP contribution < -0.4 is 10.0 Å². The van der Waals surface area contributed by atoms with Crippen LogP contribution in [0.3, 0.4) is 0 Å². The summed E-state index contributed by atoms with van der Waals surface area (Å²) >= 11 is 1.13. The van der Waals surface area contributed by atoms with Gasteiger partial charge in [0, 0.05) is 12.5 Å². The van der Waals surface area contributed by atoms with Gasteiger partial charge in [0.05, 0.1) is 11.3 Å². The van der Waals surface area contributed by atoms with Crippen LogP contribution in [-0.4, -0.2) is 20.9 Å². The number of carbonyl (C=O) groups is 1. The summed E-state index contributed by atoms with van der Waals surface area (Å²) < 4.78 is 27.7. The molecule has 3 aromatic rings. The number of carbonyl (C=O) groups excluding carboxylic acids is 1. The van der Waals surface area contributed by atoms with Gasteiger partial charge in [-0.1, -0.05) is 55.5 Å². The largest absolute Gasteiger partial charge is 0.351 e. The van der Waals surface area contributed by atoms with Crippen molar-refractivity contribution < 1.29 is 13.2 Å². The Morgan fingerprint density at radius 2 is 1.71 bits per heavy atom. The van der Waals surface area contributed by atoms with E-state index in [0.29, 0.717) is 12.1 Å². The van der Waals surface area contributed by atoms with Gasteiger partial charge in [-0.25, -0.2) is 8.42 Å². The van der Waals surface area contributed by atoms with Gasteiger partial charge >= 0.3 is 0 Å². The Morgan fingerprint density at radius 3 is 2.39 bits per heavy atom. The highest BCUT2D eigenvalue weighted by atomic mass is 32.2. The van der Waals surface area contributed by atoms with Crippen molar-refractivity contribution in [2.24, 2.45) is 0 Å². The van der Waals surface area contributed by atoms with Gasteiger partial charge in [-0.3, -0.25) is 9.52 Å². The van der Waals surface area contributed by atoms with Crippen LogP contribution >= 0.6 is 11.3 Å². The number of nitrogens with one attached hydrogen (secondary N) is 2. The molecule has 2 N–H and O–H groups in total. The molecular weight excluding hydrogens is 392 g/mol. The zero-order valence-electron chi connectivity index (χ0n) is 15.5. The average Bonchev–Trinajstić information content (AvgIpc) is 3.25. The quantitative estimate of drug-likeness (QED) is 0.571. The molecule has 1 amide bonds. The number of benzene rings is 2. The first-order valence-electron chi connectivity index (χ1n) is 8.99. The van der Waals surface area contributed by atoms with Crippen LogP contribution in [0.1, 0.15) is 35.2 Å². The molecule has 2 aromatic carbocycles. The molecule has 5 nitrogen and oxygen atoms in total. The van der Waals surface area contributed by atoms with E-state index in [9.17, 15) is 13.2 Å². The second-order valence-corrected chi connectivity index (χ2v) is 9.17. The molecular formula is C21H22N2O3S2. The standard InChI is InChI=1S/C21H22N2O3S2/c1-2-16(17-9-4-3-5-10-17)15-22-21(24)18-11-6-7-12-19(18)23-28(25,26)20-13-8-14-27-20/h3-14,16,23H,2,15H2,1H3,(H,22,24)/t16-/m1/s1. The van der Waals surface area contributed by atoms with Gasteiger partial charge in [0.1, 0.15) is 4.21 Å². The van der Waals surface area contributed by atoms with Gasteiger partial charge in [-0.05, 0) is 35.6 Å². The highest BCUT2D eigenvalue weighted by Crippen LogP contribution is 2.23. The Kier molecular flexibility index (Phi) is 6.49. The van der Waals surface area contributed by atoms with E-state index < -0.39 is 10.0 Å². The number of para-hydroxylation sites is 1. The summed E-state index contributed by atoms with van der Waals surface area (Å²) in [5.74, 6) is -0.112. The van der Waals surface area contributed by atoms with Gasteiger partial charge < -0.3 is 5.32 Å². The second-order valence-electron chi connectivity index (χ2n) is 6.31. The lowest BCUT2D eigenvalue weighted by atomic mass is 9.96. The molecule has 146 valence electrons. The van der Waals surface area contributed by atoms with Crippen molar-refractivity contribution >= 4 is 33.0 Å². The van der Waals surface area contributed by atoms with Crippen LogP contribution in [0.4, 0.5) is 5.69 Å². The van der Waals surface area contributed by atoms with E-state index in [2.05, 4.69) is 17.0 Å². The lowest BCUT2D eigenvalue weighted by Gasteiger charge is -2.17. The van der Waals surface area contributed by atoms with Crippen molar-refractivity contribution in [1.29, 1.82) is 0 Å². The molecule has 0 bridgehead atoms. The molecule has 1 heterocycles. The van der Waals surface area contributed by atoms with Crippen LogP contribution in [0.25, 0.3) is 0 Å². The molecule has 0 spiro atoms. The Labute approximate surface area is 169 Å². The fourth-order valence-electron chi connectivity index (χ4n) is 2.92. The highest BCUT2D eigenvalue weighted by molar-refractivity contribution is 7.94. The Balaban J connectivity index is 1.74. The summed E-state index contributed by atoms with van der Waals surface area (Å²) in [7, 11) is -3.72. The lowest BCUT2D eigenvalue weighted by molar-refractivity contribution is 0.0952. The third-order valence-corrected chi connectivity index (χ3v) is 7.21. The molecule has 7 heteroatoms. The van der Waals surface area contributed by atoms with E-state index in [1.807, 2.05) is 30.3 Å². The van der Waals surface area contributed by atoms with E-state index in [4.69, 9.17) is 0 Å². The zero-order valence-corrected chi connectivity index (χ0v) is 17.1. The van der Waals surface area contributed by atoms with Crippen LogP contribution in [0, 0.1) is 0 Å². The minimum absolute atomic E-state index is 0.195. The van der Waals surface area contributed by atoms with E-state index in [0.717, 1.165) is 23.3 Å². The molecule has 3 rings (SSSR count). The minimum Gasteiger partial charge on any atom is -0.351 e. The van der Waals surface area contributed by atoms with Crippen molar-refractivity contribution in [3.63, 3.8) is 0 Å². The summed E-state index contributed by atoms with van der Waals surface area (Å²) in [5.41, 5.74) is 1.73. The first-order chi connectivity index (χ1) is 13.5. The highest BCUT2D eigenvalue weighted by Gasteiger charge is 2.20. The molecule has 0 saturated heterocycles. The molecule has 1 atom stereocenters. The number of hydrogen-bond donors (Lipinski definition) is 2. The van der Waals surface area contributed by atoms with Gasteiger partial charge in [0.15, 0.2) is 0 Å². The fourth-order valence-corrected chi connectivity index (χ4v) is 4.99. The summed E-state index contributed by atoms with van der Waals surface area (Å²) in [4.78, 5) is 12.7. The summed E-state index contributed by atoms with van der Waals surface area (Å²) in [5, 5.41) is 4.63. The molecule has 1 aromatic heterocycles. The van der Waals surface area contributed by atoms with Gasteiger partial charge in [-0.2, -0.15) is 0 Å². The first kappa shape index (κ1) is 20.1. The Bertz CT molecular complexity index is 1020. The van der Waals surface area contributed by atoms with Crippen molar-refractivity contribution in [3.05, 3.63) is 83.2 Å². The predicted molar refractivity (Wildman–Crippen MR) is 113 cm³/mol. The topological polar surface area (TPSA) is 75.3 Å². The third-order valence-electron chi connectivity index (χ3n) is 4.45. The zero-order chi connectivity index (χ0) is 20.0. The van der Waals surface area contributed by atoms with Gasteiger partial charge in [0.2, 0.25) is 0 Å². The Morgan fingerprint density at radius 1 is 1.00 bits per heavy atom. The van der Waals surface area contributed by atoms with Crippen molar-refractivity contribution in [3.8, 4) is 0 Å². The van der Waals surface area contributed by atoms with E-state index in [1.165, 1.54) is 6.07 Å². The number of thiophene rings is 1. The fraction of sp³-hybridized carbons (Fsp3) is 0.190. The van der Waals surface area contributed by atoms with Crippen LogP contribution in [0.15, 0.2) is 76.3 Å². The minimum atomic E-state index is -3.72. The number of rotatable bonds is 8. The lowest BCUT2D eigenvalue weighted by Crippen LogP contribution is -2.29. The smallest absolute Gasteiger partial charge is 0.271 e. The van der Waals surface area contributed by atoms with Crippen LogP contribution in [0.2, 0.25) is 0 Å². The second kappa shape index (κ2) is 9.03. The summed E-state index contributed by atoms with van der Waals surface area (Å²) in [6, 6.07) is 19.8. The maximum absolute atomic E-state index is 12.7. The first-order valence-corrected chi connectivity index (χ1v) is 11.4. The molecule has 0 aliphatic heterocycles. The van der Waals surface area contributed by atoms with Crippen molar-refractivity contribution in [2.45, 2.75) is 23.5 Å². The molecule has 28 heavy (non-hydrogen) atoms. The van der Waals surface area contributed by atoms with Crippen molar-refractivity contribution in [1.82, 2.24) is 5.32 Å². The Hall–Kier alpha value is -2.64. The molecule has 0 unspecified atom stereocenters. The van der Waals surface area contributed by atoms with E-state index in [1.54, 1.807) is 35.7 Å². The number of hydrogen-bond acceptors (Lipinski definition) is 4. The molecule has 0 aliphatic carbocycles. The molecule has 0 radical (unpaired) electrons. The third kappa shape index (κ3) is 4.79. The molecule has 0 aliphatic rings. The summed E-state index contributed by atoms with van der Waals surface area (Å²) in [6.45, 7) is 2.55. The normalized spacial score (nSPS) is 12.3. The van der Waals surface area contributed by atoms with Crippen LogP contribution in [0.5, 0.6) is 0 Å². The maximum Gasteiger partial charge on any atom is 0.271 e. The molecule has 0 fully saturated rings.